The van der Waals surface area contributed by atoms with E-state index in [4.69, 9.17) is 4.74 Å². The van der Waals surface area contributed by atoms with Gasteiger partial charge in [-0.25, -0.2) is 13.8 Å². The number of rotatable bonds is 7. The maximum absolute atomic E-state index is 12.2. The summed E-state index contributed by atoms with van der Waals surface area (Å²) in [6, 6.07) is 3.00. The smallest absolute Gasteiger partial charge is 0.272 e. The summed E-state index contributed by atoms with van der Waals surface area (Å²) in [4.78, 5) is 17.3. The molecule has 0 fully saturated rings. The Morgan fingerprint density at radius 1 is 1.55 bits per heavy atom. The predicted octanol–water partition coefficient (Wildman–Crippen LogP) is 1.57. The van der Waals surface area contributed by atoms with Crippen LogP contribution < -0.4 is 4.74 Å². The number of pyridine rings is 1. The molecule has 7 heteroatoms. The Kier molecular flexibility index (Phi) is 6.30. The quantitative estimate of drug-likeness (QED) is 0.827. The molecule has 0 aliphatic rings. The largest absolute Gasteiger partial charge is 0.471 e. The van der Waals surface area contributed by atoms with E-state index in [1.807, 2.05) is 0 Å². The molecule has 0 saturated carbocycles. The molecule has 1 heterocycles. The van der Waals surface area contributed by atoms with Crippen LogP contribution in [0.1, 0.15) is 23.7 Å². The molecule has 5 nitrogen and oxygen atoms in total. The van der Waals surface area contributed by atoms with Crippen LogP contribution in [0.3, 0.4) is 0 Å². The van der Waals surface area contributed by atoms with Crippen molar-refractivity contribution in [2.45, 2.75) is 25.9 Å². The van der Waals surface area contributed by atoms with Crippen LogP contribution in [-0.4, -0.2) is 53.6 Å². The molecule has 1 rings (SSSR count). The summed E-state index contributed by atoms with van der Waals surface area (Å²) in [5.74, 6) is -0.496. The molecule has 20 heavy (non-hydrogen) atoms. The van der Waals surface area contributed by atoms with Crippen molar-refractivity contribution in [1.29, 1.82) is 0 Å². The first-order valence-corrected chi connectivity index (χ1v) is 6.21. The maximum atomic E-state index is 12.2. The van der Waals surface area contributed by atoms with E-state index in [0.717, 1.165) is 0 Å². The summed E-state index contributed by atoms with van der Waals surface area (Å²) < 4.78 is 29.1. The van der Waals surface area contributed by atoms with E-state index in [9.17, 15) is 18.7 Å². The first kappa shape index (κ1) is 16.3. The molecule has 0 bridgehead atoms. The lowest BCUT2D eigenvalue weighted by Gasteiger charge is -2.19. The number of hydrogen-bond acceptors (Lipinski definition) is 4. The lowest BCUT2D eigenvalue weighted by Crippen LogP contribution is -2.30. The van der Waals surface area contributed by atoms with Crippen LogP contribution in [0.4, 0.5) is 8.78 Å². The highest BCUT2D eigenvalue weighted by atomic mass is 19.3. The van der Waals surface area contributed by atoms with Gasteiger partial charge in [-0.15, -0.1) is 0 Å². The zero-order valence-corrected chi connectivity index (χ0v) is 11.4. The molecular formula is C13H18F2N2O3. The molecule has 1 aromatic rings. The highest BCUT2D eigenvalue weighted by Crippen LogP contribution is 2.17. The van der Waals surface area contributed by atoms with E-state index in [1.165, 1.54) is 23.2 Å². The fraction of sp³-hybridized carbons (Fsp3) is 0.538. The van der Waals surface area contributed by atoms with Crippen LogP contribution in [-0.2, 0) is 0 Å². The van der Waals surface area contributed by atoms with Gasteiger partial charge in [0.25, 0.3) is 12.3 Å². The zero-order chi connectivity index (χ0) is 15.1. The number of alkyl halides is 2. The van der Waals surface area contributed by atoms with Crippen molar-refractivity contribution >= 4 is 5.91 Å². The third-order valence-corrected chi connectivity index (χ3v) is 2.58. The summed E-state index contributed by atoms with van der Waals surface area (Å²) in [6.07, 6.45) is -1.36. The first-order valence-electron chi connectivity index (χ1n) is 6.21. The maximum Gasteiger partial charge on any atom is 0.272 e. The van der Waals surface area contributed by atoms with Gasteiger partial charge >= 0.3 is 0 Å². The summed E-state index contributed by atoms with van der Waals surface area (Å²) in [5, 5.41) is 9.20. The van der Waals surface area contributed by atoms with Crippen LogP contribution >= 0.6 is 0 Å². The molecule has 0 radical (unpaired) electrons. The molecule has 0 spiro atoms. The van der Waals surface area contributed by atoms with Crippen molar-refractivity contribution in [2.24, 2.45) is 0 Å². The molecular weight excluding hydrogens is 270 g/mol. The summed E-state index contributed by atoms with van der Waals surface area (Å²) >= 11 is 0. The third kappa shape index (κ3) is 5.08. The van der Waals surface area contributed by atoms with Crippen molar-refractivity contribution in [1.82, 2.24) is 9.88 Å². The highest BCUT2D eigenvalue weighted by Gasteiger charge is 2.18. The molecule has 1 unspecified atom stereocenters. The van der Waals surface area contributed by atoms with Crippen LogP contribution in [0.5, 0.6) is 5.88 Å². The number of ether oxygens (including phenoxy) is 1. The van der Waals surface area contributed by atoms with Gasteiger partial charge in [-0.2, -0.15) is 0 Å². The fourth-order valence-corrected chi connectivity index (χ4v) is 1.50. The normalized spacial score (nSPS) is 12.3. The zero-order valence-electron chi connectivity index (χ0n) is 11.4. The predicted molar refractivity (Wildman–Crippen MR) is 69.0 cm³/mol. The van der Waals surface area contributed by atoms with Gasteiger partial charge in [-0.3, -0.25) is 4.79 Å². The molecule has 0 aromatic carbocycles. The van der Waals surface area contributed by atoms with Crippen molar-refractivity contribution in [3.8, 4) is 5.88 Å². The second-order valence-corrected chi connectivity index (χ2v) is 4.42. The second-order valence-electron chi connectivity index (χ2n) is 4.42. The van der Waals surface area contributed by atoms with E-state index >= 15 is 0 Å². The minimum Gasteiger partial charge on any atom is -0.471 e. The number of carbonyl (C=O) groups excluding carboxylic acids is 1. The van der Waals surface area contributed by atoms with Gasteiger partial charge in [-0.05, 0) is 25.5 Å². The van der Waals surface area contributed by atoms with Crippen LogP contribution in [0.25, 0.3) is 0 Å². The number of aromatic nitrogens is 1. The van der Waals surface area contributed by atoms with Crippen LogP contribution in [0, 0.1) is 0 Å². The van der Waals surface area contributed by atoms with E-state index in [1.54, 1.807) is 14.0 Å². The SMILES string of the molecule is CC(O)CCN(C)C(=O)c1cccnc1OCC(F)F. The Bertz CT molecular complexity index is 441. The molecule has 0 aliphatic heterocycles. The lowest BCUT2D eigenvalue weighted by atomic mass is 10.2. The van der Waals surface area contributed by atoms with Crippen molar-refractivity contribution in [2.75, 3.05) is 20.2 Å². The van der Waals surface area contributed by atoms with Crippen LogP contribution in [0.2, 0.25) is 0 Å². The van der Waals surface area contributed by atoms with Gasteiger partial charge in [0.15, 0.2) is 6.61 Å². The first-order chi connectivity index (χ1) is 9.41. The number of nitrogens with zero attached hydrogens (tertiary/aromatic N) is 2. The lowest BCUT2D eigenvalue weighted by molar-refractivity contribution is 0.0711. The number of aliphatic hydroxyl groups is 1. The second kappa shape index (κ2) is 7.74. The molecule has 0 saturated heterocycles. The molecule has 1 atom stereocenters. The highest BCUT2D eigenvalue weighted by molar-refractivity contribution is 5.96. The van der Waals surface area contributed by atoms with Crippen LogP contribution in [0.15, 0.2) is 18.3 Å². The average molecular weight is 288 g/mol. The van der Waals surface area contributed by atoms with Gasteiger partial charge in [0.2, 0.25) is 5.88 Å². The molecule has 112 valence electrons. The van der Waals surface area contributed by atoms with E-state index in [-0.39, 0.29) is 17.4 Å². The minimum absolute atomic E-state index is 0.110. The van der Waals surface area contributed by atoms with Gasteiger partial charge in [-0.1, -0.05) is 0 Å². The molecule has 1 aromatic heterocycles. The van der Waals surface area contributed by atoms with Crippen molar-refractivity contribution in [3.63, 3.8) is 0 Å². The summed E-state index contributed by atoms with van der Waals surface area (Å²) in [7, 11) is 1.56. The number of carbonyl (C=O) groups is 1. The number of hydrogen-bond donors (Lipinski definition) is 1. The standard InChI is InChI=1S/C13H18F2N2O3/c1-9(18)5-7-17(2)13(19)10-4-3-6-16-12(10)20-8-11(14)15/h3-4,6,9,11,18H,5,7-8H2,1-2H3. The Morgan fingerprint density at radius 2 is 2.25 bits per heavy atom. The summed E-state index contributed by atoms with van der Waals surface area (Å²) in [6.45, 7) is 1.16. The molecule has 1 amide bonds. The Balaban J connectivity index is 2.76. The van der Waals surface area contributed by atoms with Gasteiger partial charge < -0.3 is 14.7 Å². The summed E-state index contributed by atoms with van der Waals surface area (Å²) in [5.41, 5.74) is 0.126. The molecule has 1 N–H and O–H groups in total. The topological polar surface area (TPSA) is 62.7 Å². The Hall–Kier alpha value is -1.76. The average Bonchev–Trinajstić information content (AvgIpc) is 2.41. The Labute approximate surface area is 116 Å². The van der Waals surface area contributed by atoms with Gasteiger partial charge in [0.05, 0.1) is 6.10 Å². The minimum atomic E-state index is -2.63. The van der Waals surface area contributed by atoms with Gasteiger partial charge in [0.1, 0.15) is 5.56 Å². The van der Waals surface area contributed by atoms with Gasteiger partial charge in [0, 0.05) is 19.8 Å². The van der Waals surface area contributed by atoms with Crippen molar-refractivity contribution in [3.05, 3.63) is 23.9 Å². The monoisotopic (exact) mass is 288 g/mol. The molecule has 0 aliphatic carbocycles. The number of halogens is 2. The van der Waals surface area contributed by atoms with E-state index in [0.29, 0.717) is 13.0 Å². The Morgan fingerprint density at radius 3 is 2.85 bits per heavy atom. The third-order valence-electron chi connectivity index (χ3n) is 2.58. The number of amides is 1. The van der Waals surface area contributed by atoms with E-state index < -0.39 is 19.1 Å². The van der Waals surface area contributed by atoms with E-state index in [2.05, 4.69) is 4.98 Å². The fourth-order valence-electron chi connectivity index (χ4n) is 1.50. The number of aliphatic hydroxyl groups excluding tert-OH is 1. The van der Waals surface area contributed by atoms with Crippen molar-refractivity contribution < 1.29 is 23.4 Å².